The molecule has 0 aromatic rings. The topological polar surface area (TPSA) is 38.5 Å². The molecule has 0 radical (unpaired) electrons. The SMILES string of the molecule is CCC(C)N(CCOC)C1(CN)CC(C(C)C)C1. The van der Waals surface area contributed by atoms with Gasteiger partial charge in [-0.05, 0) is 38.0 Å². The van der Waals surface area contributed by atoms with Crippen LogP contribution in [0, 0.1) is 11.8 Å². The Balaban J connectivity index is 2.69. The Morgan fingerprint density at radius 2 is 1.94 bits per heavy atom. The third-order valence-electron chi connectivity index (χ3n) is 4.88. The first-order valence-corrected chi connectivity index (χ1v) is 7.46. The van der Waals surface area contributed by atoms with Gasteiger partial charge in [-0.25, -0.2) is 0 Å². The van der Waals surface area contributed by atoms with Gasteiger partial charge < -0.3 is 10.5 Å². The molecule has 0 saturated heterocycles. The summed E-state index contributed by atoms with van der Waals surface area (Å²) < 4.78 is 5.27. The zero-order chi connectivity index (χ0) is 13.8. The summed E-state index contributed by atoms with van der Waals surface area (Å²) in [4.78, 5) is 2.61. The molecule has 0 aliphatic heterocycles. The summed E-state index contributed by atoms with van der Waals surface area (Å²) in [5.74, 6) is 1.63. The van der Waals surface area contributed by atoms with Crippen LogP contribution in [-0.4, -0.2) is 43.3 Å². The molecule has 108 valence electrons. The Hall–Kier alpha value is -0.120. The second kappa shape index (κ2) is 6.88. The van der Waals surface area contributed by atoms with Crippen molar-refractivity contribution in [3.05, 3.63) is 0 Å². The minimum atomic E-state index is 0.239. The lowest BCUT2D eigenvalue weighted by atomic mass is 9.62. The quantitative estimate of drug-likeness (QED) is 0.725. The summed E-state index contributed by atoms with van der Waals surface area (Å²) in [5.41, 5.74) is 6.35. The molecule has 2 N–H and O–H groups in total. The minimum absolute atomic E-state index is 0.239. The lowest BCUT2D eigenvalue weighted by molar-refractivity contribution is -0.0653. The maximum absolute atomic E-state index is 6.11. The zero-order valence-corrected chi connectivity index (χ0v) is 12.9. The number of nitrogens with zero attached hydrogens (tertiary/aromatic N) is 1. The molecule has 3 nitrogen and oxygen atoms in total. The molecule has 1 saturated carbocycles. The highest BCUT2D eigenvalue weighted by Crippen LogP contribution is 2.46. The highest BCUT2D eigenvalue weighted by molar-refractivity contribution is 5.05. The van der Waals surface area contributed by atoms with E-state index >= 15 is 0 Å². The first-order valence-electron chi connectivity index (χ1n) is 7.46. The van der Waals surface area contributed by atoms with Crippen LogP contribution in [-0.2, 0) is 4.74 Å². The van der Waals surface area contributed by atoms with Crippen LogP contribution in [0.1, 0.15) is 47.0 Å². The van der Waals surface area contributed by atoms with Crippen molar-refractivity contribution >= 4 is 0 Å². The van der Waals surface area contributed by atoms with Crippen LogP contribution in [0.2, 0.25) is 0 Å². The normalized spacial score (nSPS) is 29.7. The van der Waals surface area contributed by atoms with Gasteiger partial charge in [-0.1, -0.05) is 20.8 Å². The third-order valence-corrected chi connectivity index (χ3v) is 4.88. The van der Waals surface area contributed by atoms with Gasteiger partial charge >= 0.3 is 0 Å². The van der Waals surface area contributed by atoms with Crippen LogP contribution < -0.4 is 5.73 Å². The molecular weight excluding hydrogens is 224 g/mol. The monoisotopic (exact) mass is 256 g/mol. The van der Waals surface area contributed by atoms with Gasteiger partial charge in [0.1, 0.15) is 0 Å². The van der Waals surface area contributed by atoms with Crippen LogP contribution >= 0.6 is 0 Å². The van der Waals surface area contributed by atoms with Crippen LogP contribution in [0.4, 0.5) is 0 Å². The Kier molecular flexibility index (Phi) is 6.09. The summed E-state index contributed by atoms with van der Waals surface area (Å²) >= 11 is 0. The Labute approximate surface area is 113 Å². The van der Waals surface area contributed by atoms with Gasteiger partial charge in [-0.15, -0.1) is 0 Å². The van der Waals surface area contributed by atoms with Gasteiger partial charge in [0.05, 0.1) is 6.61 Å². The second-order valence-corrected chi connectivity index (χ2v) is 6.28. The van der Waals surface area contributed by atoms with Crippen molar-refractivity contribution in [1.82, 2.24) is 4.90 Å². The van der Waals surface area contributed by atoms with E-state index in [2.05, 4.69) is 32.6 Å². The fraction of sp³-hybridized carbons (Fsp3) is 1.00. The van der Waals surface area contributed by atoms with Crippen molar-refractivity contribution in [3.8, 4) is 0 Å². The summed E-state index contributed by atoms with van der Waals surface area (Å²) in [7, 11) is 1.78. The maximum Gasteiger partial charge on any atom is 0.0590 e. The van der Waals surface area contributed by atoms with E-state index in [0.29, 0.717) is 6.04 Å². The van der Waals surface area contributed by atoms with Gasteiger partial charge in [0.2, 0.25) is 0 Å². The molecule has 0 aromatic carbocycles. The Bertz CT molecular complexity index is 237. The summed E-state index contributed by atoms with van der Waals surface area (Å²) in [5, 5.41) is 0. The third kappa shape index (κ3) is 3.25. The molecule has 1 atom stereocenters. The summed E-state index contributed by atoms with van der Waals surface area (Å²) in [6.45, 7) is 11.8. The molecule has 0 heterocycles. The molecule has 0 amide bonds. The fourth-order valence-corrected chi connectivity index (χ4v) is 3.24. The van der Waals surface area contributed by atoms with Crippen molar-refractivity contribution in [2.45, 2.75) is 58.5 Å². The van der Waals surface area contributed by atoms with Crippen molar-refractivity contribution in [3.63, 3.8) is 0 Å². The Morgan fingerprint density at radius 3 is 2.33 bits per heavy atom. The van der Waals surface area contributed by atoms with Gasteiger partial charge in [0.25, 0.3) is 0 Å². The lowest BCUT2D eigenvalue weighted by Crippen LogP contribution is -2.65. The van der Waals surface area contributed by atoms with Crippen molar-refractivity contribution in [2.75, 3.05) is 26.8 Å². The van der Waals surface area contributed by atoms with E-state index in [0.717, 1.165) is 31.5 Å². The predicted octanol–water partition coefficient (Wildman–Crippen LogP) is 2.50. The van der Waals surface area contributed by atoms with Gasteiger partial charge in [0.15, 0.2) is 0 Å². The van der Waals surface area contributed by atoms with E-state index in [9.17, 15) is 0 Å². The largest absolute Gasteiger partial charge is 0.383 e. The number of hydrogen-bond acceptors (Lipinski definition) is 3. The average molecular weight is 256 g/mol. The summed E-state index contributed by atoms with van der Waals surface area (Å²) in [6.07, 6.45) is 3.70. The zero-order valence-electron chi connectivity index (χ0n) is 12.9. The molecule has 3 heteroatoms. The predicted molar refractivity (Wildman–Crippen MR) is 77.7 cm³/mol. The number of ether oxygens (including phenoxy) is 1. The molecule has 0 aromatic heterocycles. The van der Waals surface area contributed by atoms with Crippen LogP contribution in [0.25, 0.3) is 0 Å². The molecule has 0 spiro atoms. The van der Waals surface area contributed by atoms with Crippen LogP contribution in [0.15, 0.2) is 0 Å². The van der Waals surface area contributed by atoms with Crippen molar-refractivity contribution < 1.29 is 4.74 Å². The highest BCUT2D eigenvalue weighted by atomic mass is 16.5. The van der Waals surface area contributed by atoms with E-state index < -0.39 is 0 Å². The highest BCUT2D eigenvalue weighted by Gasteiger charge is 2.48. The van der Waals surface area contributed by atoms with Crippen molar-refractivity contribution in [1.29, 1.82) is 0 Å². The molecule has 1 aliphatic rings. The van der Waals surface area contributed by atoms with Gasteiger partial charge in [0, 0.05) is 31.8 Å². The second-order valence-electron chi connectivity index (χ2n) is 6.28. The van der Waals surface area contributed by atoms with E-state index in [1.165, 1.54) is 19.3 Å². The Morgan fingerprint density at radius 1 is 1.33 bits per heavy atom. The van der Waals surface area contributed by atoms with E-state index in [-0.39, 0.29) is 5.54 Å². The van der Waals surface area contributed by atoms with E-state index in [1.54, 1.807) is 7.11 Å². The molecule has 0 bridgehead atoms. The number of rotatable bonds is 8. The van der Waals surface area contributed by atoms with Crippen LogP contribution in [0.3, 0.4) is 0 Å². The molecular formula is C15H32N2O. The minimum Gasteiger partial charge on any atom is -0.383 e. The average Bonchev–Trinajstić information content (AvgIpc) is 2.30. The van der Waals surface area contributed by atoms with E-state index in [1.807, 2.05) is 0 Å². The number of hydrogen-bond donors (Lipinski definition) is 1. The molecule has 1 unspecified atom stereocenters. The number of nitrogens with two attached hydrogens (primary N) is 1. The fourth-order valence-electron chi connectivity index (χ4n) is 3.24. The number of methoxy groups -OCH3 is 1. The first-order chi connectivity index (χ1) is 8.50. The van der Waals surface area contributed by atoms with Crippen molar-refractivity contribution in [2.24, 2.45) is 17.6 Å². The smallest absolute Gasteiger partial charge is 0.0590 e. The molecule has 1 rings (SSSR count). The molecule has 1 aliphatic carbocycles. The van der Waals surface area contributed by atoms with Crippen LogP contribution in [0.5, 0.6) is 0 Å². The standard InChI is InChI=1S/C15H32N2O/c1-6-13(4)17(7-8-18-5)15(11-16)9-14(10-15)12(2)3/h12-14H,6-11,16H2,1-5H3. The van der Waals surface area contributed by atoms with E-state index in [4.69, 9.17) is 10.5 Å². The van der Waals surface area contributed by atoms with Gasteiger partial charge in [-0.2, -0.15) is 0 Å². The molecule has 1 fully saturated rings. The lowest BCUT2D eigenvalue weighted by Gasteiger charge is -2.57. The maximum atomic E-state index is 6.11. The van der Waals surface area contributed by atoms with Gasteiger partial charge in [-0.3, -0.25) is 4.90 Å². The molecule has 18 heavy (non-hydrogen) atoms. The summed E-state index contributed by atoms with van der Waals surface area (Å²) in [6, 6.07) is 0.594. The first kappa shape index (κ1) is 15.9.